The van der Waals surface area contributed by atoms with Gasteiger partial charge in [-0.1, -0.05) is 49.7 Å². The summed E-state index contributed by atoms with van der Waals surface area (Å²) < 4.78 is 0. The zero-order chi connectivity index (χ0) is 15.0. The lowest BCUT2D eigenvalue weighted by Gasteiger charge is -2.29. The fourth-order valence-corrected chi connectivity index (χ4v) is 3.35. The average Bonchev–Trinajstić information content (AvgIpc) is 2.70. The third kappa shape index (κ3) is 2.50. The maximum atomic E-state index is 8.95. The fourth-order valence-electron chi connectivity index (χ4n) is 3.13. The van der Waals surface area contributed by atoms with Gasteiger partial charge < -0.3 is 5.32 Å². The van der Waals surface area contributed by atoms with Crippen molar-refractivity contribution in [2.75, 3.05) is 5.32 Å². The Labute approximate surface area is 130 Å². The van der Waals surface area contributed by atoms with E-state index in [9.17, 15) is 0 Å². The molecule has 2 aromatic carbocycles. The van der Waals surface area contributed by atoms with Crippen LogP contribution in [0.4, 0.5) is 5.69 Å². The molecule has 3 heteroatoms. The van der Waals surface area contributed by atoms with E-state index in [1.54, 1.807) is 6.07 Å². The van der Waals surface area contributed by atoms with Gasteiger partial charge in [-0.3, -0.25) is 0 Å². The molecule has 0 spiro atoms. The molecular weight excluding hydrogens is 280 g/mol. The van der Waals surface area contributed by atoms with Crippen LogP contribution in [0.25, 0.3) is 0 Å². The Hall–Kier alpha value is -1.98. The topological polar surface area (TPSA) is 35.8 Å². The number of fused-ring (bicyclic) bond motifs is 1. The van der Waals surface area contributed by atoms with Gasteiger partial charge >= 0.3 is 0 Å². The smallest absolute Gasteiger partial charge is 0.101 e. The Morgan fingerprint density at radius 2 is 2.00 bits per heavy atom. The second kappa shape index (κ2) is 5.09. The van der Waals surface area contributed by atoms with E-state index in [-0.39, 0.29) is 11.5 Å². The molecule has 0 fully saturated rings. The summed E-state index contributed by atoms with van der Waals surface area (Å²) in [5.41, 5.74) is 4.36. The maximum Gasteiger partial charge on any atom is 0.101 e. The van der Waals surface area contributed by atoms with Crippen molar-refractivity contribution in [3.05, 3.63) is 64.2 Å². The highest BCUT2D eigenvalue weighted by Gasteiger charge is 2.38. The van der Waals surface area contributed by atoms with E-state index in [0.717, 1.165) is 12.1 Å². The number of rotatable bonds is 2. The Balaban J connectivity index is 1.94. The van der Waals surface area contributed by atoms with Crippen LogP contribution in [0.5, 0.6) is 0 Å². The van der Waals surface area contributed by atoms with Crippen LogP contribution in [0.2, 0.25) is 5.02 Å². The van der Waals surface area contributed by atoms with Gasteiger partial charge in [-0.05, 0) is 41.2 Å². The molecule has 0 radical (unpaired) electrons. The van der Waals surface area contributed by atoms with Gasteiger partial charge in [0, 0.05) is 5.69 Å². The first kappa shape index (κ1) is 14.0. The molecule has 2 nitrogen and oxygen atoms in total. The highest BCUT2D eigenvalue weighted by atomic mass is 35.5. The minimum Gasteiger partial charge on any atom is -0.378 e. The van der Waals surface area contributed by atoms with E-state index in [1.165, 1.54) is 11.1 Å². The SMILES string of the molecule is CC1(C)Cc2ccccc2C1Nc1ccc(C#N)c(Cl)c1. The molecule has 0 saturated heterocycles. The summed E-state index contributed by atoms with van der Waals surface area (Å²) in [4.78, 5) is 0. The standard InChI is InChI=1S/C18H17ClN2/c1-18(2)10-12-5-3-4-6-15(12)17(18)21-14-8-7-13(11-20)16(19)9-14/h3-9,17,21H,10H2,1-2H3. The molecule has 3 rings (SSSR count). The Morgan fingerprint density at radius 1 is 1.24 bits per heavy atom. The van der Waals surface area contributed by atoms with Crippen LogP contribution >= 0.6 is 11.6 Å². The molecular formula is C18H17ClN2. The molecule has 1 aliphatic carbocycles. The van der Waals surface area contributed by atoms with E-state index in [4.69, 9.17) is 16.9 Å². The van der Waals surface area contributed by atoms with Crippen molar-refractivity contribution < 1.29 is 0 Å². The van der Waals surface area contributed by atoms with Gasteiger partial charge in [0.15, 0.2) is 0 Å². The normalized spacial score (nSPS) is 18.9. The summed E-state index contributed by atoms with van der Waals surface area (Å²) in [7, 11) is 0. The van der Waals surface area contributed by atoms with Crippen LogP contribution < -0.4 is 5.32 Å². The molecule has 21 heavy (non-hydrogen) atoms. The van der Waals surface area contributed by atoms with Crippen molar-refractivity contribution in [1.82, 2.24) is 0 Å². The van der Waals surface area contributed by atoms with Crippen molar-refractivity contribution in [3.8, 4) is 6.07 Å². The highest BCUT2D eigenvalue weighted by molar-refractivity contribution is 6.32. The van der Waals surface area contributed by atoms with Gasteiger partial charge in [0.25, 0.3) is 0 Å². The lowest BCUT2D eigenvalue weighted by atomic mass is 9.85. The molecule has 1 atom stereocenters. The van der Waals surface area contributed by atoms with Gasteiger partial charge in [-0.15, -0.1) is 0 Å². The van der Waals surface area contributed by atoms with E-state index >= 15 is 0 Å². The number of anilines is 1. The summed E-state index contributed by atoms with van der Waals surface area (Å²) in [6, 6.07) is 16.4. The van der Waals surface area contributed by atoms with E-state index in [0.29, 0.717) is 10.6 Å². The predicted molar refractivity (Wildman–Crippen MR) is 86.5 cm³/mol. The number of nitrogens with one attached hydrogen (secondary N) is 1. The highest BCUT2D eigenvalue weighted by Crippen LogP contribution is 2.46. The molecule has 0 saturated carbocycles. The first-order chi connectivity index (χ1) is 10.0. The predicted octanol–water partition coefficient (Wildman–Crippen LogP) is 4.95. The van der Waals surface area contributed by atoms with E-state index in [2.05, 4.69) is 49.5 Å². The van der Waals surface area contributed by atoms with Crippen LogP contribution in [0, 0.1) is 16.7 Å². The van der Waals surface area contributed by atoms with Gasteiger partial charge in [0.05, 0.1) is 16.6 Å². The number of nitriles is 1. The lowest BCUT2D eigenvalue weighted by molar-refractivity contribution is 0.337. The first-order valence-electron chi connectivity index (χ1n) is 7.05. The molecule has 0 aromatic heterocycles. The van der Waals surface area contributed by atoms with Crippen LogP contribution in [0.15, 0.2) is 42.5 Å². The summed E-state index contributed by atoms with van der Waals surface area (Å²) in [6.45, 7) is 4.55. The van der Waals surface area contributed by atoms with Crippen LogP contribution in [0.3, 0.4) is 0 Å². The largest absolute Gasteiger partial charge is 0.378 e. The molecule has 2 aromatic rings. The number of benzene rings is 2. The van der Waals surface area contributed by atoms with Crippen molar-refractivity contribution in [1.29, 1.82) is 5.26 Å². The summed E-state index contributed by atoms with van der Waals surface area (Å²) in [6.07, 6.45) is 1.06. The molecule has 0 heterocycles. The van der Waals surface area contributed by atoms with Crippen molar-refractivity contribution in [2.24, 2.45) is 5.41 Å². The molecule has 106 valence electrons. The van der Waals surface area contributed by atoms with Crippen molar-refractivity contribution >= 4 is 17.3 Å². The molecule has 0 amide bonds. The lowest BCUT2D eigenvalue weighted by Crippen LogP contribution is -2.24. The molecule has 1 N–H and O–H groups in total. The zero-order valence-corrected chi connectivity index (χ0v) is 12.9. The quantitative estimate of drug-likeness (QED) is 0.851. The second-order valence-corrected chi connectivity index (χ2v) is 6.66. The number of nitrogens with zero attached hydrogens (tertiary/aromatic N) is 1. The minimum atomic E-state index is 0.143. The molecule has 0 bridgehead atoms. The van der Waals surface area contributed by atoms with Crippen molar-refractivity contribution in [2.45, 2.75) is 26.3 Å². The maximum absolute atomic E-state index is 8.95. The molecule has 1 unspecified atom stereocenters. The average molecular weight is 297 g/mol. The third-order valence-electron chi connectivity index (χ3n) is 4.19. The Morgan fingerprint density at radius 3 is 2.71 bits per heavy atom. The molecule has 1 aliphatic rings. The van der Waals surface area contributed by atoms with Crippen LogP contribution in [-0.4, -0.2) is 0 Å². The number of hydrogen-bond acceptors (Lipinski definition) is 2. The summed E-state index contributed by atoms with van der Waals surface area (Å²) >= 11 is 6.12. The summed E-state index contributed by atoms with van der Waals surface area (Å²) in [5.74, 6) is 0. The summed E-state index contributed by atoms with van der Waals surface area (Å²) in [5, 5.41) is 13.0. The van der Waals surface area contributed by atoms with Gasteiger partial charge in [-0.25, -0.2) is 0 Å². The van der Waals surface area contributed by atoms with Crippen LogP contribution in [0.1, 0.15) is 36.6 Å². The van der Waals surface area contributed by atoms with Crippen molar-refractivity contribution in [3.63, 3.8) is 0 Å². The second-order valence-electron chi connectivity index (χ2n) is 6.25. The first-order valence-corrected chi connectivity index (χ1v) is 7.43. The molecule has 0 aliphatic heterocycles. The fraction of sp³-hybridized carbons (Fsp3) is 0.278. The Kier molecular flexibility index (Phi) is 3.39. The number of hydrogen-bond donors (Lipinski definition) is 1. The minimum absolute atomic E-state index is 0.143. The van der Waals surface area contributed by atoms with Crippen LogP contribution in [-0.2, 0) is 6.42 Å². The van der Waals surface area contributed by atoms with E-state index in [1.807, 2.05) is 12.1 Å². The monoisotopic (exact) mass is 296 g/mol. The van der Waals surface area contributed by atoms with Gasteiger partial charge in [0.2, 0.25) is 0 Å². The zero-order valence-electron chi connectivity index (χ0n) is 12.2. The third-order valence-corrected chi connectivity index (χ3v) is 4.51. The number of halogens is 1. The van der Waals surface area contributed by atoms with Gasteiger partial charge in [-0.2, -0.15) is 5.26 Å². The van der Waals surface area contributed by atoms with Gasteiger partial charge in [0.1, 0.15) is 6.07 Å². The Bertz CT molecular complexity index is 728. The van der Waals surface area contributed by atoms with E-state index < -0.39 is 0 Å².